The smallest absolute Gasteiger partial charge is 0.311 e. The molecule has 97 heavy (non-hydrogen) atoms. The molecule has 0 aliphatic heterocycles. The van der Waals surface area contributed by atoms with Crippen LogP contribution in [0.5, 0.6) is 0 Å². The second-order valence-electron chi connectivity index (χ2n) is 27.7. The number of methoxy groups -OCH3 is 2. The fourth-order valence-electron chi connectivity index (χ4n) is 11.8. The Morgan fingerprint density at radius 3 is 0.897 bits per heavy atom. The minimum absolute atomic E-state index is 0. The summed E-state index contributed by atoms with van der Waals surface area (Å²) in [6, 6.07) is 64.3. The molecule has 0 saturated carbocycles. The first kappa shape index (κ1) is 95.4. The molecule has 0 fully saturated rings. The van der Waals surface area contributed by atoms with Gasteiger partial charge in [0, 0.05) is 63.1 Å². The molecule has 0 saturated heterocycles. The van der Waals surface area contributed by atoms with E-state index in [2.05, 4.69) is 198 Å². The Morgan fingerprint density at radius 2 is 0.639 bits per heavy atom. The van der Waals surface area contributed by atoms with E-state index in [0.29, 0.717) is 37.0 Å². The Kier molecular flexibility index (Phi) is 51.4. The van der Waals surface area contributed by atoms with Crippen LogP contribution in [0, 0.1) is 29.1 Å². The van der Waals surface area contributed by atoms with Gasteiger partial charge in [0.15, 0.2) is 0 Å². The third-order valence-corrected chi connectivity index (χ3v) is 15.9. The van der Waals surface area contributed by atoms with Crippen LogP contribution in [0.4, 0.5) is 0 Å². The Morgan fingerprint density at radius 1 is 0.381 bits per heavy atom. The second-order valence-corrected chi connectivity index (χ2v) is 27.7. The normalized spacial score (nSPS) is 13.4. The van der Waals surface area contributed by atoms with Crippen molar-refractivity contribution >= 4 is 17.9 Å². The second kappa shape index (κ2) is 52.3. The summed E-state index contributed by atoms with van der Waals surface area (Å²) in [5.74, 6) is 0.379. The number of rotatable bonds is 26. The van der Waals surface area contributed by atoms with Gasteiger partial charge in [-0.15, -0.1) is 0 Å². The van der Waals surface area contributed by atoms with E-state index >= 15 is 0 Å². The quantitative estimate of drug-likeness (QED) is 0.0198. The standard InChI is InChI=1S/C38H50O4.C31H38O2.5C3H8O.CH4.Ti/c1-8-29(4)24-32(31-18-12-9-13-19-31)26-38(33-20-14-10-15-21-33,34-22-16-11-17-23-34)27-37(6,36(40)41-7)25-30(5)35(39)42-28(2)3;1-5-24(2)21-27(26-15-9-6-10-16-26)23-31(22-25(3)30(32)33-4,28-17-11-7-12-18-28)29-19-13-8-14-20-29;5*1-3(2)4;;/h9-23,28-30,32H,8,24-27H2,1-7H3;6-20,24-25,27H,5,21-23H2,1-4H3;5*3-4H,1-2H3;1H4;. The van der Waals surface area contributed by atoms with Crippen LogP contribution in [0.3, 0.4) is 0 Å². The van der Waals surface area contributed by atoms with Gasteiger partial charge in [0.25, 0.3) is 0 Å². The van der Waals surface area contributed by atoms with Crippen molar-refractivity contribution in [1.82, 2.24) is 0 Å². The maximum absolute atomic E-state index is 13.8. The van der Waals surface area contributed by atoms with Crippen molar-refractivity contribution in [1.29, 1.82) is 0 Å². The topological polar surface area (TPSA) is 180 Å². The van der Waals surface area contributed by atoms with Gasteiger partial charge < -0.3 is 39.7 Å². The number of ether oxygens (including phenoxy) is 3. The summed E-state index contributed by atoms with van der Waals surface area (Å²) >= 11 is 0. The van der Waals surface area contributed by atoms with Crippen molar-refractivity contribution in [2.24, 2.45) is 29.1 Å². The van der Waals surface area contributed by atoms with Crippen LogP contribution in [0.25, 0.3) is 0 Å². The summed E-state index contributed by atoms with van der Waals surface area (Å²) in [6.07, 6.45) is 6.64. The number of hydrogen-bond donors (Lipinski definition) is 5. The van der Waals surface area contributed by atoms with Gasteiger partial charge in [-0.3, -0.25) is 14.4 Å². The fraction of sp³-hybridized carbons (Fsp3) is 0.541. The molecule has 0 aliphatic carbocycles. The van der Waals surface area contributed by atoms with E-state index in [9.17, 15) is 14.4 Å². The van der Waals surface area contributed by atoms with Crippen molar-refractivity contribution in [3.63, 3.8) is 0 Å². The maximum atomic E-state index is 13.8. The number of hydrogen-bond acceptors (Lipinski definition) is 11. The molecule has 6 aromatic rings. The summed E-state index contributed by atoms with van der Waals surface area (Å²) in [5, 5.41) is 40.3. The van der Waals surface area contributed by atoms with Gasteiger partial charge >= 0.3 is 17.9 Å². The molecule has 6 aromatic carbocycles. The molecule has 0 aliphatic rings. The molecule has 12 heteroatoms. The molecule has 0 heterocycles. The molecule has 0 amide bonds. The van der Waals surface area contributed by atoms with Crippen molar-refractivity contribution < 1.29 is 75.8 Å². The van der Waals surface area contributed by atoms with E-state index < -0.39 is 16.7 Å². The number of carbonyl (C=O) groups excluding carboxylic acids is 3. The molecule has 6 rings (SSSR count). The zero-order valence-corrected chi connectivity index (χ0v) is 64.4. The molecule has 11 nitrogen and oxygen atoms in total. The number of benzene rings is 6. The van der Waals surface area contributed by atoms with Gasteiger partial charge in [0.2, 0.25) is 0 Å². The summed E-state index contributed by atoms with van der Waals surface area (Å²) in [5.41, 5.74) is 5.75. The van der Waals surface area contributed by atoms with E-state index in [4.69, 9.17) is 39.7 Å². The van der Waals surface area contributed by atoms with Crippen LogP contribution in [0.2, 0.25) is 0 Å². The van der Waals surface area contributed by atoms with Crippen LogP contribution < -0.4 is 0 Å². The first-order chi connectivity index (χ1) is 44.7. The number of carbonyl (C=O) groups is 3. The first-order valence-electron chi connectivity index (χ1n) is 34.8. The third kappa shape index (κ3) is 39.0. The zero-order chi connectivity index (χ0) is 72.3. The summed E-state index contributed by atoms with van der Waals surface area (Å²) in [7, 11) is 2.93. The van der Waals surface area contributed by atoms with Gasteiger partial charge in [-0.1, -0.05) is 244 Å². The van der Waals surface area contributed by atoms with Crippen molar-refractivity contribution in [2.45, 2.75) is 256 Å². The molecule has 7 atom stereocenters. The van der Waals surface area contributed by atoms with Crippen molar-refractivity contribution in [3.05, 3.63) is 215 Å². The van der Waals surface area contributed by atoms with Crippen LogP contribution >= 0.6 is 0 Å². The van der Waals surface area contributed by atoms with Gasteiger partial charge in [-0.25, -0.2) is 0 Å². The third-order valence-electron chi connectivity index (χ3n) is 15.9. The SMILES string of the molecule is C.CC(C)O.CC(C)O.CC(C)O.CC(C)O.CC(C)O.CCC(C)CC(CC(CC(C)(CC(C)C(=O)OC(C)C)C(=O)OC)(c1ccccc1)c1ccccc1)c1ccccc1.CCC(C)CC(CC(CC(C)C(=O)OC)(c1ccccc1)c1ccccc1)c1ccccc1.[Ti]. The molecular weight excluding hydrogens is 1240 g/mol. The van der Waals surface area contributed by atoms with Crippen LogP contribution in [-0.4, -0.2) is 94.3 Å². The molecule has 0 spiro atoms. The predicted molar refractivity (Wildman–Crippen MR) is 402 cm³/mol. The Bertz CT molecular complexity index is 2720. The van der Waals surface area contributed by atoms with E-state index in [-0.39, 0.29) is 101 Å². The number of aliphatic hydroxyl groups excluding tert-OH is 5. The minimum Gasteiger partial charge on any atom is -0.469 e. The summed E-state index contributed by atoms with van der Waals surface area (Å²) < 4.78 is 16.2. The largest absolute Gasteiger partial charge is 0.469 e. The average molecular weight is 1380 g/mol. The van der Waals surface area contributed by atoms with E-state index in [1.54, 1.807) is 69.2 Å². The first-order valence-corrected chi connectivity index (χ1v) is 34.8. The Balaban J connectivity index is -0.00000142. The minimum atomic E-state index is -0.951. The summed E-state index contributed by atoms with van der Waals surface area (Å²) in [4.78, 5) is 39.4. The van der Waals surface area contributed by atoms with E-state index in [1.165, 1.54) is 36.5 Å². The van der Waals surface area contributed by atoms with Crippen LogP contribution in [-0.2, 0) is 61.1 Å². The van der Waals surface area contributed by atoms with Gasteiger partial charge in [-0.2, -0.15) is 0 Å². The number of esters is 3. The van der Waals surface area contributed by atoms with Crippen LogP contribution in [0.15, 0.2) is 182 Å². The number of aliphatic hydroxyl groups is 5. The van der Waals surface area contributed by atoms with Gasteiger partial charge in [0.1, 0.15) is 0 Å². The van der Waals surface area contributed by atoms with E-state index in [1.807, 2.05) is 46.8 Å². The van der Waals surface area contributed by atoms with Gasteiger partial charge in [-0.05, 0) is 192 Å². The zero-order valence-electron chi connectivity index (χ0n) is 62.8. The fourth-order valence-corrected chi connectivity index (χ4v) is 11.8. The molecule has 7 unspecified atom stereocenters. The molecule has 0 aromatic heterocycles. The average Bonchev–Trinajstić information content (AvgIpc) is 0.764. The maximum Gasteiger partial charge on any atom is 0.311 e. The molecule has 5 N–H and O–H groups in total. The molecule has 0 bridgehead atoms. The Labute approximate surface area is 604 Å². The molecular formula is C85H132O11Ti. The van der Waals surface area contributed by atoms with Crippen molar-refractivity contribution in [3.8, 4) is 0 Å². The van der Waals surface area contributed by atoms with Crippen LogP contribution in [0.1, 0.15) is 242 Å². The van der Waals surface area contributed by atoms with Gasteiger partial charge in [0.05, 0.1) is 37.6 Å². The monoisotopic (exact) mass is 1380 g/mol. The predicted octanol–water partition coefficient (Wildman–Crippen LogP) is 19.5. The van der Waals surface area contributed by atoms with E-state index in [0.717, 1.165) is 49.7 Å². The molecule has 542 valence electrons. The Hall–Kier alpha value is -5.76. The van der Waals surface area contributed by atoms with Crippen molar-refractivity contribution in [2.75, 3.05) is 14.2 Å². The summed E-state index contributed by atoms with van der Waals surface area (Å²) in [6.45, 7) is 35.9. The molecule has 0 radical (unpaired) electrons.